The average molecular weight is 281 g/mol. The molecule has 0 aromatic rings. The van der Waals surface area contributed by atoms with Crippen molar-refractivity contribution in [3.05, 3.63) is 0 Å². The second-order valence-corrected chi connectivity index (χ2v) is 6.76. The van der Waals surface area contributed by atoms with Crippen molar-refractivity contribution in [2.75, 3.05) is 6.54 Å². The maximum Gasteiger partial charge on any atom is 0.306 e. The Kier molecular flexibility index (Phi) is 5.44. The summed E-state index contributed by atoms with van der Waals surface area (Å²) in [5.74, 6) is 0.505. The van der Waals surface area contributed by atoms with Crippen LogP contribution in [0.15, 0.2) is 0 Å². The smallest absolute Gasteiger partial charge is 0.306 e. The summed E-state index contributed by atoms with van der Waals surface area (Å²) in [6.07, 6.45) is 8.22. The number of aliphatic carboxylic acids is 1. The molecule has 2 fully saturated rings. The number of carboxylic acid groups (broad SMARTS) is 1. The van der Waals surface area contributed by atoms with Gasteiger partial charge in [-0.2, -0.15) is 0 Å². The van der Waals surface area contributed by atoms with Crippen molar-refractivity contribution in [3.63, 3.8) is 0 Å². The molecule has 114 valence electrons. The van der Waals surface area contributed by atoms with Gasteiger partial charge in [0.15, 0.2) is 0 Å². The van der Waals surface area contributed by atoms with E-state index in [1.54, 1.807) is 0 Å². The lowest BCUT2D eigenvalue weighted by molar-refractivity contribution is -0.141. The van der Waals surface area contributed by atoms with Gasteiger partial charge in [0.1, 0.15) is 0 Å². The maximum atomic E-state index is 12.0. The van der Waals surface area contributed by atoms with Crippen LogP contribution in [0.2, 0.25) is 0 Å². The van der Waals surface area contributed by atoms with Crippen LogP contribution in [-0.2, 0) is 9.59 Å². The van der Waals surface area contributed by atoms with E-state index < -0.39 is 5.97 Å². The summed E-state index contributed by atoms with van der Waals surface area (Å²) in [6.45, 7) is 3.07. The third-order valence-corrected chi connectivity index (χ3v) is 5.05. The molecule has 0 aromatic carbocycles. The Morgan fingerprint density at radius 2 is 1.85 bits per heavy atom. The Morgan fingerprint density at radius 3 is 2.50 bits per heavy atom. The molecular formula is C16H27NO3. The van der Waals surface area contributed by atoms with Crippen molar-refractivity contribution in [1.82, 2.24) is 5.32 Å². The van der Waals surface area contributed by atoms with Crippen LogP contribution in [-0.4, -0.2) is 23.5 Å². The lowest BCUT2D eigenvalue weighted by Crippen LogP contribution is -2.32. The first kappa shape index (κ1) is 15.3. The van der Waals surface area contributed by atoms with E-state index >= 15 is 0 Å². The highest BCUT2D eigenvalue weighted by molar-refractivity contribution is 5.80. The third kappa shape index (κ3) is 4.22. The first-order valence-corrected chi connectivity index (χ1v) is 8.06. The summed E-state index contributed by atoms with van der Waals surface area (Å²) in [7, 11) is 0. The topological polar surface area (TPSA) is 66.4 Å². The molecule has 0 aliphatic heterocycles. The Bertz CT molecular complexity index is 356. The number of nitrogens with one attached hydrogen (secondary N) is 1. The highest BCUT2D eigenvalue weighted by atomic mass is 16.4. The molecule has 1 amide bonds. The first-order valence-electron chi connectivity index (χ1n) is 8.06. The van der Waals surface area contributed by atoms with Crippen LogP contribution in [0, 0.1) is 23.7 Å². The van der Waals surface area contributed by atoms with E-state index in [0.717, 1.165) is 31.2 Å². The van der Waals surface area contributed by atoms with Gasteiger partial charge in [-0.25, -0.2) is 0 Å². The van der Waals surface area contributed by atoms with Crippen molar-refractivity contribution in [3.8, 4) is 0 Å². The predicted molar refractivity (Wildman–Crippen MR) is 77.2 cm³/mol. The van der Waals surface area contributed by atoms with Crippen LogP contribution in [0.3, 0.4) is 0 Å². The Hall–Kier alpha value is -1.06. The fourth-order valence-corrected chi connectivity index (χ4v) is 3.81. The van der Waals surface area contributed by atoms with Crippen LogP contribution in [0.5, 0.6) is 0 Å². The average Bonchev–Trinajstić information content (AvgIpc) is 2.88. The SMILES string of the molecule is CC1CCCC(CCNC(=O)C2CCC(C(=O)O)C2)C1. The van der Waals surface area contributed by atoms with Gasteiger partial charge in [-0.05, 0) is 43.9 Å². The molecule has 4 nitrogen and oxygen atoms in total. The minimum Gasteiger partial charge on any atom is -0.481 e. The molecule has 0 heterocycles. The predicted octanol–water partition coefficient (Wildman–Crippen LogP) is 2.82. The highest BCUT2D eigenvalue weighted by Crippen LogP contribution is 2.32. The molecule has 0 aromatic heterocycles. The van der Waals surface area contributed by atoms with Gasteiger partial charge in [0, 0.05) is 12.5 Å². The van der Waals surface area contributed by atoms with Gasteiger partial charge in [-0.3, -0.25) is 9.59 Å². The number of amides is 1. The number of hydrogen-bond acceptors (Lipinski definition) is 2. The van der Waals surface area contributed by atoms with Gasteiger partial charge in [-0.15, -0.1) is 0 Å². The Labute approximate surface area is 121 Å². The summed E-state index contributed by atoms with van der Waals surface area (Å²) >= 11 is 0. The fraction of sp³-hybridized carbons (Fsp3) is 0.875. The Morgan fingerprint density at radius 1 is 1.10 bits per heavy atom. The lowest BCUT2D eigenvalue weighted by Gasteiger charge is -2.26. The summed E-state index contributed by atoms with van der Waals surface area (Å²) in [6, 6.07) is 0. The van der Waals surface area contributed by atoms with Crippen LogP contribution >= 0.6 is 0 Å². The van der Waals surface area contributed by atoms with Crippen molar-refractivity contribution in [2.24, 2.45) is 23.7 Å². The summed E-state index contributed by atoms with van der Waals surface area (Å²) in [4.78, 5) is 22.9. The fourth-order valence-electron chi connectivity index (χ4n) is 3.81. The van der Waals surface area contributed by atoms with Crippen molar-refractivity contribution in [2.45, 2.75) is 58.3 Å². The maximum absolute atomic E-state index is 12.0. The minimum atomic E-state index is -0.753. The largest absolute Gasteiger partial charge is 0.481 e. The van der Waals surface area contributed by atoms with Crippen molar-refractivity contribution >= 4 is 11.9 Å². The molecule has 2 N–H and O–H groups in total. The number of rotatable bonds is 5. The molecule has 0 radical (unpaired) electrons. The standard InChI is InChI=1S/C16H27NO3/c1-11-3-2-4-12(9-11)7-8-17-15(18)13-5-6-14(10-13)16(19)20/h11-14H,2-10H2,1H3,(H,17,18)(H,19,20). The Balaban J connectivity index is 1.64. The molecule has 4 heteroatoms. The van der Waals surface area contributed by atoms with Gasteiger partial charge < -0.3 is 10.4 Å². The monoisotopic (exact) mass is 281 g/mol. The van der Waals surface area contributed by atoms with Gasteiger partial charge in [-0.1, -0.05) is 26.2 Å². The van der Waals surface area contributed by atoms with Gasteiger partial charge in [0.2, 0.25) is 5.91 Å². The molecule has 0 spiro atoms. The zero-order valence-electron chi connectivity index (χ0n) is 12.4. The van der Waals surface area contributed by atoms with E-state index in [1.165, 1.54) is 25.7 Å². The van der Waals surface area contributed by atoms with E-state index in [-0.39, 0.29) is 17.7 Å². The van der Waals surface area contributed by atoms with E-state index in [2.05, 4.69) is 12.2 Å². The highest BCUT2D eigenvalue weighted by Gasteiger charge is 2.33. The number of carboxylic acids is 1. The number of carbonyl (C=O) groups excluding carboxylic acids is 1. The summed E-state index contributed by atoms with van der Waals surface area (Å²) < 4.78 is 0. The van der Waals surface area contributed by atoms with Gasteiger partial charge in [0.05, 0.1) is 5.92 Å². The van der Waals surface area contributed by atoms with Crippen molar-refractivity contribution in [1.29, 1.82) is 0 Å². The molecule has 20 heavy (non-hydrogen) atoms. The van der Waals surface area contributed by atoms with E-state index in [4.69, 9.17) is 5.11 Å². The lowest BCUT2D eigenvalue weighted by atomic mass is 9.81. The third-order valence-electron chi connectivity index (χ3n) is 5.05. The van der Waals surface area contributed by atoms with Crippen molar-refractivity contribution < 1.29 is 14.7 Å². The minimum absolute atomic E-state index is 0.0672. The first-order chi connectivity index (χ1) is 9.56. The summed E-state index contributed by atoms with van der Waals surface area (Å²) in [5, 5.41) is 12.0. The number of hydrogen-bond donors (Lipinski definition) is 2. The normalized spacial score (nSPS) is 33.9. The van der Waals surface area contributed by atoms with Crippen LogP contribution in [0.25, 0.3) is 0 Å². The molecule has 2 rings (SSSR count). The van der Waals surface area contributed by atoms with Gasteiger partial charge in [0.25, 0.3) is 0 Å². The number of carbonyl (C=O) groups is 2. The molecule has 4 unspecified atom stereocenters. The zero-order chi connectivity index (χ0) is 14.5. The molecule has 4 atom stereocenters. The molecule has 2 saturated carbocycles. The second-order valence-electron chi connectivity index (χ2n) is 6.76. The van der Waals surface area contributed by atoms with E-state index in [0.29, 0.717) is 12.8 Å². The van der Waals surface area contributed by atoms with Crippen LogP contribution < -0.4 is 5.32 Å². The zero-order valence-corrected chi connectivity index (χ0v) is 12.4. The van der Waals surface area contributed by atoms with E-state index in [9.17, 15) is 9.59 Å². The quantitative estimate of drug-likeness (QED) is 0.814. The van der Waals surface area contributed by atoms with E-state index in [1.807, 2.05) is 0 Å². The molecule has 2 aliphatic carbocycles. The summed E-state index contributed by atoms with van der Waals surface area (Å²) in [5.41, 5.74) is 0. The molecule has 2 aliphatic rings. The van der Waals surface area contributed by atoms with Crippen LogP contribution in [0.4, 0.5) is 0 Å². The second kappa shape index (κ2) is 7.09. The molecular weight excluding hydrogens is 254 g/mol. The van der Waals surface area contributed by atoms with Crippen LogP contribution in [0.1, 0.15) is 58.3 Å². The van der Waals surface area contributed by atoms with Gasteiger partial charge >= 0.3 is 5.97 Å². The molecule has 0 bridgehead atoms. The molecule has 0 saturated heterocycles.